The second kappa shape index (κ2) is 6.13. The molecule has 0 aliphatic heterocycles. The van der Waals surface area contributed by atoms with Gasteiger partial charge in [0.05, 0.1) is 19.4 Å². The molecule has 2 rings (SSSR count). The molecule has 2 N–H and O–H groups in total. The Balaban J connectivity index is 2.12. The first-order valence-electron chi connectivity index (χ1n) is 5.13. The Morgan fingerprint density at radius 1 is 1.37 bits per heavy atom. The lowest BCUT2D eigenvalue weighted by Gasteiger charge is -2.07. The molecule has 0 unspecified atom stereocenters. The van der Waals surface area contributed by atoms with Crippen molar-refractivity contribution < 1.29 is 9.53 Å². The molecule has 19 heavy (non-hydrogen) atoms. The van der Waals surface area contributed by atoms with E-state index < -0.39 is 5.97 Å². The molecule has 0 atom stereocenters. The fourth-order valence-corrected chi connectivity index (χ4v) is 3.21. The van der Waals surface area contributed by atoms with Gasteiger partial charge in [-0.15, -0.1) is 11.3 Å². The summed E-state index contributed by atoms with van der Waals surface area (Å²) in [4.78, 5) is 12.8. The zero-order valence-corrected chi connectivity index (χ0v) is 13.4. The lowest BCUT2D eigenvalue weighted by atomic mass is 10.2. The van der Waals surface area contributed by atoms with E-state index in [4.69, 9.17) is 33.7 Å². The first kappa shape index (κ1) is 14.7. The number of carbonyl (C=O) groups is 1. The van der Waals surface area contributed by atoms with Gasteiger partial charge in [-0.2, -0.15) is 0 Å². The molecule has 0 spiro atoms. The van der Waals surface area contributed by atoms with Crippen molar-refractivity contribution in [3.05, 3.63) is 48.5 Å². The van der Waals surface area contributed by atoms with Crippen molar-refractivity contribution in [1.82, 2.24) is 0 Å². The summed E-state index contributed by atoms with van der Waals surface area (Å²) in [5, 5.41) is 0.376. The smallest absolute Gasteiger partial charge is 0.340 e. The van der Waals surface area contributed by atoms with Gasteiger partial charge >= 0.3 is 5.97 Å². The number of esters is 1. The summed E-state index contributed by atoms with van der Waals surface area (Å²) in [6.45, 7) is 0.178. The van der Waals surface area contributed by atoms with Crippen LogP contribution in [-0.2, 0) is 11.3 Å². The predicted molar refractivity (Wildman–Crippen MR) is 82.0 cm³/mol. The van der Waals surface area contributed by atoms with Crippen molar-refractivity contribution >= 4 is 62.1 Å². The van der Waals surface area contributed by atoms with E-state index in [1.165, 1.54) is 23.5 Å². The molecule has 0 saturated carbocycles. The highest BCUT2D eigenvalue weighted by molar-refractivity contribution is 9.11. The van der Waals surface area contributed by atoms with E-state index in [0.717, 1.165) is 8.66 Å². The summed E-state index contributed by atoms with van der Waals surface area (Å²) in [6.07, 6.45) is 0. The van der Waals surface area contributed by atoms with Crippen LogP contribution < -0.4 is 5.73 Å². The molecule has 0 bridgehead atoms. The van der Waals surface area contributed by atoms with Crippen molar-refractivity contribution in [2.24, 2.45) is 0 Å². The topological polar surface area (TPSA) is 52.3 Å². The standard InChI is InChI=1S/C12H8BrCl2NO2S/c13-10-2-1-7(19-10)5-18-12(17)8-3-6(16)4-9(14)11(8)15/h1-4H,5,16H2. The summed E-state index contributed by atoms with van der Waals surface area (Å²) < 4.78 is 6.15. The zero-order chi connectivity index (χ0) is 14.0. The Morgan fingerprint density at radius 2 is 2.11 bits per heavy atom. The number of thiophene rings is 1. The van der Waals surface area contributed by atoms with Gasteiger partial charge in [0.1, 0.15) is 6.61 Å². The van der Waals surface area contributed by atoms with Gasteiger partial charge in [-0.25, -0.2) is 4.79 Å². The van der Waals surface area contributed by atoms with Crippen molar-refractivity contribution in [2.75, 3.05) is 5.73 Å². The van der Waals surface area contributed by atoms with Crippen LogP contribution in [0, 0.1) is 0 Å². The molecule has 2 aromatic rings. The molecule has 0 fully saturated rings. The van der Waals surface area contributed by atoms with Gasteiger partial charge in [0, 0.05) is 10.6 Å². The maximum absolute atomic E-state index is 11.9. The van der Waals surface area contributed by atoms with Crippen LogP contribution in [0.3, 0.4) is 0 Å². The van der Waals surface area contributed by atoms with Crippen LogP contribution in [0.2, 0.25) is 10.0 Å². The molecule has 100 valence electrons. The second-order valence-electron chi connectivity index (χ2n) is 3.65. The summed E-state index contributed by atoms with van der Waals surface area (Å²) in [7, 11) is 0. The number of nitrogen functional groups attached to an aromatic ring is 1. The number of rotatable bonds is 3. The third-order valence-corrected chi connectivity index (χ3v) is 4.64. The SMILES string of the molecule is Nc1cc(Cl)c(Cl)c(C(=O)OCc2ccc(Br)s2)c1. The highest BCUT2D eigenvalue weighted by atomic mass is 79.9. The van der Waals surface area contributed by atoms with E-state index in [1.54, 1.807) is 0 Å². The minimum atomic E-state index is -0.552. The van der Waals surface area contributed by atoms with E-state index in [1.807, 2.05) is 12.1 Å². The number of anilines is 1. The number of halogens is 3. The largest absolute Gasteiger partial charge is 0.456 e. The molecule has 1 aromatic heterocycles. The lowest BCUT2D eigenvalue weighted by molar-refractivity contribution is 0.0477. The Kier molecular flexibility index (Phi) is 4.73. The second-order valence-corrected chi connectivity index (χ2v) is 6.98. The highest BCUT2D eigenvalue weighted by Gasteiger charge is 2.16. The van der Waals surface area contributed by atoms with Crippen LogP contribution in [0.1, 0.15) is 15.2 Å². The third-order valence-electron chi connectivity index (χ3n) is 2.24. The molecular formula is C12H8BrCl2NO2S. The molecule has 7 heteroatoms. The third kappa shape index (κ3) is 3.63. The average Bonchev–Trinajstić information content (AvgIpc) is 2.76. The van der Waals surface area contributed by atoms with Gasteiger partial charge < -0.3 is 10.5 Å². The first-order chi connectivity index (χ1) is 8.97. The van der Waals surface area contributed by atoms with Crippen LogP contribution in [0.15, 0.2) is 28.1 Å². The molecular weight excluding hydrogens is 373 g/mol. The van der Waals surface area contributed by atoms with Crippen LogP contribution in [0.4, 0.5) is 5.69 Å². The normalized spacial score (nSPS) is 10.5. The van der Waals surface area contributed by atoms with Crippen molar-refractivity contribution in [2.45, 2.75) is 6.61 Å². The number of benzene rings is 1. The van der Waals surface area contributed by atoms with Gasteiger partial charge in [0.15, 0.2) is 0 Å². The van der Waals surface area contributed by atoms with Gasteiger partial charge in [0.2, 0.25) is 0 Å². The van der Waals surface area contributed by atoms with Crippen molar-refractivity contribution in [3.8, 4) is 0 Å². The number of hydrogen-bond donors (Lipinski definition) is 1. The lowest BCUT2D eigenvalue weighted by Crippen LogP contribution is -2.06. The quantitative estimate of drug-likeness (QED) is 0.617. The number of nitrogens with two attached hydrogens (primary N) is 1. The maximum Gasteiger partial charge on any atom is 0.340 e. The number of hydrogen-bond acceptors (Lipinski definition) is 4. The van der Waals surface area contributed by atoms with Crippen LogP contribution in [-0.4, -0.2) is 5.97 Å². The van der Waals surface area contributed by atoms with Gasteiger partial charge in [-0.3, -0.25) is 0 Å². The van der Waals surface area contributed by atoms with E-state index >= 15 is 0 Å². The van der Waals surface area contributed by atoms with Crippen molar-refractivity contribution in [3.63, 3.8) is 0 Å². The van der Waals surface area contributed by atoms with Gasteiger partial charge in [0.25, 0.3) is 0 Å². The molecule has 0 aliphatic rings. The molecule has 0 amide bonds. The molecule has 0 saturated heterocycles. The summed E-state index contributed by atoms with van der Waals surface area (Å²) >= 11 is 16.6. The molecule has 1 aromatic carbocycles. The highest BCUT2D eigenvalue weighted by Crippen LogP contribution is 2.30. The Hall–Kier alpha value is -0.750. The van der Waals surface area contributed by atoms with Crippen LogP contribution in [0.5, 0.6) is 0 Å². The summed E-state index contributed by atoms with van der Waals surface area (Å²) in [5.74, 6) is -0.552. The van der Waals surface area contributed by atoms with Gasteiger partial charge in [-0.05, 0) is 40.2 Å². The number of carbonyl (C=O) groups excluding carboxylic acids is 1. The van der Waals surface area contributed by atoms with E-state index in [2.05, 4.69) is 15.9 Å². The molecule has 3 nitrogen and oxygen atoms in total. The molecule has 1 heterocycles. The maximum atomic E-state index is 11.9. The Bertz CT molecular complexity index is 630. The van der Waals surface area contributed by atoms with E-state index in [-0.39, 0.29) is 22.2 Å². The molecule has 0 aliphatic carbocycles. The fourth-order valence-electron chi connectivity index (χ4n) is 1.40. The van der Waals surface area contributed by atoms with E-state index in [9.17, 15) is 4.79 Å². The van der Waals surface area contributed by atoms with Crippen molar-refractivity contribution in [1.29, 1.82) is 0 Å². The zero-order valence-electron chi connectivity index (χ0n) is 9.45. The molecule has 0 radical (unpaired) electrons. The van der Waals surface area contributed by atoms with E-state index in [0.29, 0.717) is 5.69 Å². The summed E-state index contributed by atoms with van der Waals surface area (Å²) in [5.41, 5.74) is 6.15. The monoisotopic (exact) mass is 379 g/mol. The minimum absolute atomic E-state index is 0.147. The fraction of sp³-hybridized carbons (Fsp3) is 0.0833. The number of ether oxygens (including phenoxy) is 1. The van der Waals surface area contributed by atoms with Crippen LogP contribution >= 0.6 is 50.5 Å². The Morgan fingerprint density at radius 3 is 2.74 bits per heavy atom. The van der Waals surface area contributed by atoms with Gasteiger partial charge in [-0.1, -0.05) is 23.2 Å². The Labute approximate surface area is 132 Å². The minimum Gasteiger partial charge on any atom is -0.456 e. The predicted octanol–water partition coefficient (Wildman–Crippen LogP) is 4.76. The summed E-state index contributed by atoms with van der Waals surface area (Å²) in [6, 6.07) is 6.69. The first-order valence-corrected chi connectivity index (χ1v) is 7.50. The van der Waals surface area contributed by atoms with Crippen LogP contribution in [0.25, 0.3) is 0 Å². The average molecular weight is 381 g/mol.